The summed E-state index contributed by atoms with van der Waals surface area (Å²) < 4.78 is 29.4. The van der Waals surface area contributed by atoms with Gasteiger partial charge >= 0.3 is 0 Å². The van der Waals surface area contributed by atoms with E-state index in [0.717, 1.165) is 15.4 Å². The van der Waals surface area contributed by atoms with Crippen LogP contribution in [0.2, 0.25) is 15.1 Å². The molecule has 0 unspecified atom stereocenters. The van der Waals surface area contributed by atoms with E-state index in [2.05, 4.69) is 5.32 Å². The minimum absolute atomic E-state index is 0.0177. The van der Waals surface area contributed by atoms with Gasteiger partial charge in [-0.2, -0.15) is 0 Å². The van der Waals surface area contributed by atoms with Gasteiger partial charge < -0.3 is 10.2 Å². The van der Waals surface area contributed by atoms with Gasteiger partial charge in [-0.3, -0.25) is 13.9 Å². The van der Waals surface area contributed by atoms with E-state index in [1.807, 2.05) is 58.0 Å². The minimum Gasteiger partial charge on any atom is -0.350 e. The van der Waals surface area contributed by atoms with Crippen LogP contribution in [-0.2, 0) is 32.6 Å². The van der Waals surface area contributed by atoms with Gasteiger partial charge in [0, 0.05) is 23.5 Å². The highest BCUT2D eigenvalue weighted by Crippen LogP contribution is 2.36. The average molecular weight is 701 g/mol. The third-order valence-electron chi connectivity index (χ3n) is 7.10. The fourth-order valence-corrected chi connectivity index (χ4v) is 6.96. The zero-order valence-electron chi connectivity index (χ0n) is 26.0. The Kier molecular flexibility index (Phi) is 11.4. The maximum absolute atomic E-state index is 14.6. The zero-order valence-corrected chi connectivity index (χ0v) is 29.1. The van der Waals surface area contributed by atoms with Crippen molar-refractivity contribution in [3.63, 3.8) is 0 Å². The third-order valence-corrected chi connectivity index (χ3v) is 9.92. The summed E-state index contributed by atoms with van der Waals surface area (Å²) in [6.45, 7) is 6.72. The molecule has 0 aliphatic rings. The molecule has 46 heavy (non-hydrogen) atoms. The van der Waals surface area contributed by atoms with E-state index in [9.17, 15) is 18.0 Å². The first-order valence-electron chi connectivity index (χ1n) is 14.6. The standard InChI is InChI=1S/C35H36Cl3N3O4S/c1-24-16-18-28(19-17-24)46(44,45)41(30-15-9-14-29(37)33(30)38)23-32(42)40(22-26-12-8-13-27(36)20-26)31(34(43)39-35(2,3)4)21-25-10-6-5-7-11-25/h5-20,31H,21-23H2,1-4H3,(H,39,43)/t31-/m1/s1. The van der Waals surface area contributed by atoms with Crippen LogP contribution in [0.1, 0.15) is 37.5 Å². The Morgan fingerprint density at radius 2 is 1.46 bits per heavy atom. The summed E-state index contributed by atoms with van der Waals surface area (Å²) in [6.07, 6.45) is 0.178. The summed E-state index contributed by atoms with van der Waals surface area (Å²) in [5, 5.41) is 3.56. The molecule has 0 aliphatic heterocycles. The van der Waals surface area contributed by atoms with Crippen LogP contribution in [-0.4, -0.2) is 43.3 Å². The molecule has 4 aromatic rings. The number of nitrogens with zero attached hydrogens (tertiary/aromatic N) is 2. The lowest BCUT2D eigenvalue weighted by atomic mass is 10.0. The number of hydrogen-bond acceptors (Lipinski definition) is 4. The molecule has 4 rings (SSSR count). The van der Waals surface area contributed by atoms with Crippen LogP contribution in [0.3, 0.4) is 0 Å². The maximum atomic E-state index is 14.6. The number of benzene rings is 4. The fraction of sp³-hybridized carbons (Fsp3) is 0.257. The quantitative estimate of drug-likeness (QED) is 0.174. The van der Waals surface area contributed by atoms with E-state index in [0.29, 0.717) is 10.6 Å². The number of anilines is 1. The van der Waals surface area contributed by atoms with Crippen molar-refractivity contribution in [3.8, 4) is 0 Å². The van der Waals surface area contributed by atoms with Gasteiger partial charge in [-0.15, -0.1) is 0 Å². The number of rotatable bonds is 11. The minimum atomic E-state index is -4.33. The molecule has 242 valence electrons. The predicted molar refractivity (Wildman–Crippen MR) is 186 cm³/mol. The molecule has 0 aliphatic carbocycles. The van der Waals surface area contributed by atoms with Gasteiger partial charge in [0.15, 0.2) is 0 Å². The highest BCUT2D eigenvalue weighted by molar-refractivity contribution is 7.92. The summed E-state index contributed by atoms with van der Waals surface area (Å²) in [6, 6.07) is 26.1. The number of carbonyl (C=O) groups excluding carboxylic acids is 2. The number of nitrogens with one attached hydrogen (secondary N) is 1. The number of sulfonamides is 1. The second-order valence-electron chi connectivity index (χ2n) is 12.0. The molecule has 4 aromatic carbocycles. The van der Waals surface area contributed by atoms with E-state index < -0.39 is 34.1 Å². The van der Waals surface area contributed by atoms with Crippen molar-refractivity contribution in [2.24, 2.45) is 0 Å². The Balaban J connectivity index is 1.85. The van der Waals surface area contributed by atoms with Crippen LogP contribution >= 0.6 is 34.8 Å². The Hall–Kier alpha value is -3.56. The van der Waals surface area contributed by atoms with E-state index in [1.54, 1.807) is 42.5 Å². The molecule has 1 N–H and O–H groups in total. The van der Waals surface area contributed by atoms with Gasteiger partial charge in [0.25, 0.3) is 10.0 Å². The van der Waals surface area contributed by atoms with E-state index in [4.69, 9.17) is 34.8 Å². The molecule has 0 aromatic heterocycles. The van der Waals surface area contributed by atoms with Crippen LogP contribution in [0.4, 0.5) is 5.69 Å². The van der Waals surface area contributed by atoms with E-state index in [-0.39, 0.29) is 39.5 Å². The lowest BCUT2D eigenvalue weighted by Crippen LogP contribution is -2.56. The molecule has 0 saturated heterocycles. The van der Waals surface area contributed by atoms with Crippen LogP contribution < -0.4 is 9.62 Å². The van der Waals surface area contributed by atoms with Crippen LogP contribution in [0.15, 0.2) is 102 Å². The summed E-state index contributed by atoms with van der Waals surface area (Å²) >= 11 is 19.2. The molecule has 0 bridgehead atoms. The Labute approximate surface area is 286 Å². The number of halogens is 3. The van der Waals surface area contributed by atoms with Gasteiger partial charge in [-0.05, 0) is 75.2 Å². The number of amides is 2. The maximum Gasteiger partial charge on any atom is 0.264 e. The average Bonchev–Trinajstić information content (AvgIpc) is 2.99. The molecule has 7 nitrogen and oxygen atoms in total. The number of carbonyl (C=O) groups is 2. The molecule has 1 atom stereocenters. The van der Waals surface area contributed by atoms with Gasteiger partial charge in [-0.1, -0.05) is 101 Å². The monoisotopic (exact) mass is 699 g/mol. The normalized spacial score (nSPS) is 12.3. The highest BCUT2D eigenvalue weighted by Gasteiger charge is 2.36. The van der Waals surface area contributed by atoms with Crippen LogP contribution in [0, 0.1) is 6.92 Å². The molecular weight excluding hydrogens is 665 g/mol. The predicted octanol–water partition coefficient (Wildman–Crippen LogP) is 7.71. The van der Waals surface area contributed by atoms with Crippen molar-refractivity contribution in [2.75, 3.05) is 10.8 Å². The lowest BCUT2D eigenvalue weighted by Gasteiger charge is -2.35. The topological polar surface area (TPSA) is 86.8 Å². The number of hydrogen-bond donors (Lipinski definition) is 1. The first kappa shape index (κ1) is 35.3. The Morgan fingerprint density at radius 1 is 0.826 bits per heavy atom. The summed E-state index contributed by atoms with van der Waals surface area (Å²) in [5.41, 5.74) is 1.78. The molecule has 0 heterocycles. The van der Waals surface area contributed by atoms with Gasteiger partial charge in [0.05, 0.1) is 20.6 Å². The zero-order chi connectivity index (χ0) is 33.6. The molecule has 0 fully saturated rings. The second-order valence-corrected chi connectivity index (χ2v) is 15.1. The van der Waals surface area contributed by atoms with Crippen LogP contribution in [0.5, 0.6) is 0 Å². The molecular formula is C35H36Cl3N3O4S. The first-order valence-corrected chi connectivity index (χ1v) is 17.2. The molecule has 0 saturated carbocycles. The Bertz CT molecular complexity index is 1790. The lowest BCUT2D eigenvalue weighted by molar-refractivity contribution is -0.140. The molecule has 2 amide bonds. The molecule has 0 spiro atoms. The van der Waals surface area contributed by atoms with Gasteiger partial charge in [0.1, 0.15) is 12.6 Å². The summed E-state index contributed by atoms with van der Waals surface area (Å²) in [4.78, 5) is 29.9. The van der Waals surface area contributed by atoms with Crippen molar-refractivity contribution in [1.29, 1.82) is 0 Å². The SMILES string of the molecule is Cc1ccc(S(=O)(=O)N(CC(=O)N(Cc2cccc(Cl)c2)[C@H](Cc2ccccc2)C(=O)NC(C)(C)C)c2cccc(Cl)c2Cl)cc1. The van der Waals surface area contributed by atoms with Crippen molar-refractivity contribution >= 4 is 62.3 Å². The Morgan fingerprint density at radius 3 is 2.09 bits per heavy atom. The third kappa shape index (κ3) is 9.04. The van der Waals surface area contributed by atoms with Crippen molar-refractivity contribution in [1.82, 2.24) is 10.2 Å². The number of aryl methyl sites for hydroxylation is 1. The smallest absolute Gasteiger partial charge is 0.264 e. The largest absolute Gasteiger partial charge is 0.350 e. The van der Waals surface area contributed by atoms with Crippen molar-refractivity contribution in [3.05, 3.63) is 129 Å². The first-order chi connectivity index (χ1) is 21.7. The van der Waals surface area contributed by atoms with Crippen molar-refractivity contribution < 1.29 is 18.0 Å². The summed E-state index contributed by atoms with van der Waals surface area (Å²) in [5.74, 6) is -1.02. The van der Waals surface area contributed by atoms with Gasteiger partial charge in [-0.25, -0.2) is 8.42 Å². The highest BCUT2D eigenvalue weighted by atomic mass is 35.5. The second kappa shape index (κ2) is 14.9. The fourth-order valence-electron chi connectivity index (χ4n) is 4.87. The molecule has 0 radical (unpaired) electrons. The van der Waals surface area contributed by atoms with E-state index in [1.165, 1.54) is 29.2 Å². The van der Waals surface area contributed by atoms with Gasteiger partial charge in [0.2, 0.25) is 11.8 Å². The molecule has 11 heteroatoms. The van der Waals surface area contributed by atoms with Crippen molar-refractivity contribution in [2.45, 2.75) is 57.1 Å². The van der Waals surface area contributed by atoms with E-state index >= 15 is 0 Å². The van der Waals surface area contributed by atoms with Crippen LogP contribution in [0.25, 0.3) is 0 Å². The summed E-state index contributed by atoms with van der Waals surface area (Å²) in [7, 11) is -4.33.